The first-order valence-electron chi connectivity index (χ1n) is 4.85. The number of nitroso groups, excluding NO2 is 2. The van der Waals surface area contributed by atoms with Crippen LogP contribution in [-0.4, -0.2) is 31.8 Å². The van der Waals surface area contributed by atoms with Crippen LogP contribution in [0.25, 0.3) is 0 Å². The van der Waals surface area contributed by atoms with E-state index >= 15 is 0 Å². The van der Waals surface area contributed by atoms with E-state index in [4.69, 9.17) is 0 Å². The Kier molecular flexibility index (Phi) is 6.82. The molecule has 0 saturated heterocycles. The van der Waals surface area contributed by atoms with E-state index in [0.717, 1.165) is 32.2 Å². The van der Waals surface area contributed by atoms with Gasteiger partial charge in [-0.1, -0.05) is 11.3 Å². The topological polar surface area (TPSA) is 70.9 Å². The molecule has 0 aliphatic heterocycles. The Bertz CT molecular complexity index is 173. The van der Waals surface area contributed by atoms with Gasteiger partial charge in [-0.2, -0.15) is 4.59 Å². The van der Waals surface area contributed by atoms with Crippen LogP contribution in [0.2, 0.25) is 0 Å². The summed E-state index contributed by atoms with van der Waals surface area (Å²) in [7, 11) is 3.57. The van der Waals surface area contributed by atoms with Gasteiger partial charge in [-0.15, -0.1) is 4.91 Å². The predicted molar refractivity (Wildman–Crippen MR) is 55.0 cm³/mol. The maximum absolute atomic E-state index is 10.3. The van der Waals surface area contributed by atoms with Crippen LogP contribution in [0, 0.1) is 9.81 Å². The smallest absolute Gasteiger partial charge is 0.152 e. The molecule has 0 fully saturated rings. The minimum Gasteiger partial charge on any atom is -0.274 e. The highest BCUT2D eigenvalue weighted by Gasteiger charge is 2.14. The standard InChI is InChI=1S/C8H18N4O2/c1-12(2,11-14)8-6-4-3-5-7-9-10-13/h3-8H2,1-2H3/p+1. The molecule has 6 nitrogen and oxygen atoms in total. The Balaban J connectivity index is 3.21. The van der Waals surface area contributed by atoms with E-state index in [9.17, 15) is 9.81 Å². The minimum absolute atomic E-state index is 0.175. The van der Waals surface area contributed by atoms with Crippen molar-refractivity contribution in [2.75, 3.05) is 27.2 Å². The number of unbranched alkanes of at least 4 members (excludes halogenated alkanes) is 3. The first-order chi connectivity index (χ1) is 6.62. The number of nitrogens with one attached hydrogen (secondary N) is 1. The van der Waals surface area contributed by atoms with Crippen LogP contribution in [0.15, 0.2) is 10.6 Å². The van der Waals surface area contributed by atoms with Crippen LogP contribution in [0.5, 0.6) is 0 Å². The summed E-state index contributed by atoms with van der Waals surface area (Å²) in [4.78, 5) is 20.0. The second kappa shape index (κ2) is 7.37. The fourth-order valence-electron chi connectivity index (χ4n) is 1.14. The summed E-state index contributed by atoms with van der Waals surface area (Å²) in [6, 6.07) is 0. The Morgan fingerprint density at radius 2 is 1.71 bits per heavy atom. The van der Waals surface area contributed by atoms with Crippen molar-refractivity contribution in [3.63, 3.8) is 0 Å². The van der Waals surface area contributed by atoms with Crippen molar-refractivity contribution in [3.05, 3.63) is 9.81 Å². The van der Waals surface area contributed by atoms with Gasteiger partial charge in [0.05, 0.1) is 14.1 Å². The molecule has 0 heterocycles. The molecule has 0 aromatic rings. The molecule has 82 valence electrons. The predicted octanol–water partition coefficient (Wildman–Crippen LogP) is 1.58. The normalized spacial score (nSPS) is 11.0. The monoisotopic (exact) mass is 203 g/mol. The Hall–Kier alpha value is -1.04. The van der Waals surface area contributed by atoms with Gasteiger partial charge in [0.1, 0.15) is 6.54 Å². The van der Waals surface area contributed by atoms with Gasteiger partial charge in [-0.25, -0.2) is 0 Å². The summed E-state index contributed by atoms with van der Waals surface area (Å²) in [5, 5.41) is 5.53. The zero-order valence-corrected chi connectivity index (χ0v) is 8.90. The van der Waals surface area contributed by atoms with Gasteiger partial charge < -0.3 is 0 Å². The molecule has 0 bridgehead atoms. The minimum atomic E-state index is 0.175. The number of nitrogens with zero attached hydrogens (tertiary/aromatic N) is 3. The summed E-state index contributed by atoms with van der Waals surface area (Å²) in [6.45, 7) is 1.40. The first kappa shape index (κ1) is 13.0. The van der Waals surface area contributed by atoms with E-state index in [2.05, 4.69) is 16.0 Å². The summed E-state index contributed by atoms with van der Waals surface area (Å²) >= 11 is 0. The molecule has 0 aromatic carbocycles. The number of hydrogen-bond donors (Lipinski definition) is 1. The van der Waals surface area contributed by atoms with Gasteiger partial charge in [0.15, 0.2) is 5.29 Å². The molecule has 14 heavy (non-hydrogen) atoms. The lowest BCUT2D eigenvalue weighted by molar-refractivity contribution is -0.898. The van der Waals surface area contributed by atoms with Crippen molar-refractivity contribution in [1.82, 2.24) is 5.43 Å². The highest BCUT2D eigenvalue weighted by molar-refractivity contribution is 4.45. The van der Waals surface area contributed by atoms with Crippen LogP contribution in [-0.2, 0) is 0 Å². The van der Waals surface area contributed by atoms with Gasteiger partial charge >= 0.3 is 0 Å². The third-order valence-electron chi connectivity index (χ3n) is 2.03. The molecular weight excluding hydrogens is 184 g/mol. The van der Waals surface area contributed by atoms with E-state index in [1.165, 1.54) is 0 Å². The van der Waals surface area contributed by atoms with Gasteiger partial charge in [0.25, 0.3) is 0 Å². The summed E-state index contributed by atoms with van der Waals surface area (Å²) < 4.78 is 0.175. The fourth-order valence-corrected chi connectivity index (χ4v) is 1.14. The fraction of sp³-hybridized carbons (Fsp3) is 1.00. The number of hydrogen-bond acceptors (Lipinski definition) is 4. The van der Waals surface area contributed by atoms with Crippen LogP contribution in [0.3, 0.4) is 0 Å². The number of quaternary nitrogens is 1. The first-order valence-corrected chi connectivity index (χ1v) is 4.85. The maximum Gasteiger partial charge on any atom is 0.152 e. The Labute approximate surface area is 84.1 Å². The van der Waals surface area contributed by atoms with Gasteiger partial charge in [-0.3, -0.25) is 5.43 Å². The van der Waals surface area contributed by atoms with Crippen molar-refractivity contribution in [2.45, 2.75) is 25.7 Å². The molecule has 0 aliphatic carbocycles. The van der Waals surface area contributed by atoms with E-state index in [-0.39, 0.29) is 4.59 Å². The van der Waals surface area contributed by atoms with Gasteiger partial charge in [-0.05, 0) is 19.3 Å². The molecule has 0 spiro atoms. The molecule has 0 atom stereocenters. The van der Waals surface area contributed by atoms with Crippen LogP contribution < -0.4 is 5.43 Å². The van der Waals surface area contributed by atoms with Gasteiger partial charge in [0.2, 0.25) is 0 Å². The third-order valence-corrected chi connectivity index (χ3v) is 2.03. The molecule has 1 N–H and O–H groups in total. The van der Waals surface area contributed by atoms with Gasteiger partial charge in [0, 0.05) is 11.8 Å². The number of rotatable bonds is 9. The Morgan fingerprint density at radius 1 is 1.07 bits per heavy atom. The summed E-state index contributed by atoms with van der Waals surface area (Å²) in [5.74, 6) is 0. The quantitative estimate of drug-likeness (QED) is 0.267. The average molecular weight is 203 g/mol. The maximum atomic E-state index is 10.3. The molecule has 0 rings (SSSR count). The van der Waals surface area contributed by atoms with Crippen molar-refractivity contribution in [2.24, 2.45) is 10.6 Å². The Morgan fingerprint density at radius 3 is 2.29 bits per heavy atom. The zero-order chi connectivity index (χ0) is 10.9. The molecule has 0 unspecified atom stereocenters. The van der Waals surface area contributed by atoms with E-state index in [0.29, 0.717) is 6.54 Å². The van der Waals surface area contributed by atoms with Crippen LogP contribution in [0.4, 0.5) is 0 Å². The van der Waals surface area contributed by atoms with Crippen molar-refractivity contribution in [1.29, 1.82) is 0 Å². The largest absolute Gasteiger partial charge is 0.274 e. The molecular formula is C8H19N4O2+. The molecule has 0 aliphatic rings. The molecule has 0 saturated carbocycles. The summed E-state index contributed by atoms with van der Waals surface area (Å²) in [5.41, 5.74) is 2.36. The lowest BCUT2D eigenvalue weighted by Gasteiger charge is -2.16. The molecule has 0 amide bonds. The lowest BCUT2D eigenvalue weighted by Crippen LogP contribution is -2.33. The summed E-state index contributed by atoms with van der Waals surface area (Å²) in [6.07, 6.45) is 4.01. The molecule has 0 aromatic heterocycles. The van der Waals surface area contributed by atoms with Crippen LogP contribution in [0.1, 0.15) is 25.7 Å². The average Bonchev–Trinajstić information content (AvgIpc) is 2.16. The van der Waals surface area contributed by atoms with Crippen LogP contribution >= 0.6 is 0 Å². The van der Waals surface area contributed by atoms with E-state index in [1.807, 2.05) is 0 Å². The zero-order valence-electron chi connectivity index (χ0n) is 8.90. The second-order valence-corrected chi connectivity index (χ2v) is 3.84. The van der Waals surface area contributed by atoms with Crippen molar-refractivity contribution in [3.8, 4) is 0 Å². The molecule has 0 radical (unpaired) electrons. The highest BCUT2D eigenvalue weighted by Crippen LogP contribution is 2.05. The van der Waals surface area contributed by atoms with Crippen molar-refractivity contribution >= 4 is 0 Å². The third kappa shape index (κ3) is 7.60. The van der Waals surface area contributed by atoms with Crippen molar-refractivity contribution < 1.29 is 4.59 Å². The second-order valence-electron chi connectivity index (χ2n) is 3.84. The SMILES string of the molecule is C[N+](C)(CCCCCCNN=O)N=O. The lowest BCUT2D eigenvalue weighted by atomic mass is 10.2. The van der Waals surface area contributed by atoms with E-state index < -0.39 is 0 Å². The highest BCUT2D eigenvalue weighted by atomic mass is 16.3. The van der Waals surface area contributed by atoms with E-state index in [1.54, 1.807) is 14.1 Å². The molecule has 6 heteroatoms.